The highest BCUT2D eigenvalue weighted by Crippen LogP contribution is 2.13. The minimum atomic E-state index is -0.117. The molecule has 0 unspecified atom stereocenters. The Balaban J connectivity index is 1.61. The third-order valence-corrected chi connectivity index (χ3v) is 4.85. The van der Waals surface area contributed by atoms with Gasteiger partial charge in [-0.2, -0.15) is 0 Å². The Kier molecular flexibility index (Phi) is 4.26. The molecule has 2 heterocycles. The normalized spacial score (nSPS) is 15.3. The molecule has 1 fully saturated rings. The maximum atomic E-state index is 12.7. The van der Waals surface area contributed by atoms with Crippen molar-refractivity contribution in [2.75, 3.05) is 33.2 Å². The molecule has 1 aromatic heterocycles. The zero-order valence-corrected chi connectivity index (χ0v) is 14.6. The Bertz CT molecular complexity index is 1000. The summed E-state index contributed by atoms with van der Waals surface area (Å²) in [5.74, 6) is 0.0358. The third kappa shape index (κ3) is 2.99. The van der Waals surface area contributed by atoms with Gasteiger partial charge in [0.2, 0.25) is 0 Å². The van der Waals surface area contributed by atoms with Gasteiger partial charge >= 0.3 is 0 Å². The Morgan fingerprint density at radius 3 is 2.38 bits per heavy atom. The highest BCUT2D eigenvalue weighted by Gasteiger charge is 2.20. The molecule has 0 saturated carbocycles. The maximum absolute atomic E-state index is 12.7. The van der Waals surface area contributed by atoms with Crippen molar-refractivity contribution >= 4 is 16.8 Å². The summed E-state index contributed by atoms with van der Waals surface area (Å²) in [6.45, 7) is 3.26. The van der Waals surface area contributed by atoms with Gasteiger partial charge in [-0.1, -0.05) is 12.1 Å². The van der Waals surface area contributed by atoms with Crippen LogP contribution in [0.4, 0.5) is 0 Å². The molecule has 6 nitrogen and oxygen atoms in total. The Hall–Kier alpha value is -2.99. The summed E-state index contributed by atoms with van der Waals surface area (Å²) in [4.78, 5) is 33.7. The molecule has 3 aromatic rings. The molecule has 1 aliphatic rings. The number of carbonyl (C=O) groups is 1. The molecule has 0 radical (unpaired) electrons. The van der Waals surface area contributed by atoms with Crippen LogP contribution in [-0.2, 0) is 0 Å². The minimum absolute atomic E-state index is 0.0358. The standard InChI is InChI=1S/C20H20N4O2/c1-22-10-12-23(13-11-22)19(25)15-6-8-16(9-7-15)24-14-21-18-5-3-2-4-17(18)20(24)26/h2-9,14H,10-13H2,1H3. The molecular formula is C20H20N4O2. The van der Waals surface area contributed by atoms with Crippen molar-refractivity contribution in [2.24, 2.45) is 0 Å². The van der Waals surface area contributed by atoms with Crippen molar-refractivity contribution in [1.82, 2.24) is 19.4 Å². The van der Waals surface area contributed by atoms with Crippen molar-refractivity contribution < 1.29 is 4.79 Å². The number of hydrogen-bond donors (Lipinski definition) is 0. The lowest BCUT2D eigenvalue weighted by atomic mass is 10.1. The fourth-order valence-electron chi connectivity index (χ4n) is 3.21. The zero-order valence-electron chi connectivity index (χ0n) is 14.6. The van der Waals surface area contributed by atoms with Gasteiger partial charge in [0.1, 0.15) is 6.33 Å². The van der Waals surface area contributed by atoms with Gasteiger partial charge in [-0.05, 0) is 43.4 Å². The van der Waals surface area contributed by atoms with E-state index >= 15 is 0 Å². The van der Waals surface area contributed by atoms with E-state index in [2.05, 4.69) is 16.9 Å². The first kappa shape index (κ1) is 16.5. The van der Waals surface area contributed by atoms with Crippen molar-refractivity contribution in [2.45, 2.75) is 0 Å². The Labute approximate surface area is 151 Å². The summed E-state index contributed by atoms with van der Waals surface area (Å²) in [6.07, 6.45) is 1.53. The van der Waals surface area contributed by atoms with Crippen LogP contribution in [0.1, 0.15) is 10.4 Å². The number of fused-ring (bicyclic) bond motifs is 1. The van der Waals surface area contributed by atoms with Crippen LogP contribution in [0.25, 0.3) is 16.6 Å². The van der Waals surface area contributed by atoms with E-state index in [1.807, 2.05) is 23.1 Å². The summed E-state index contributed by atoms with van der Waals surface area (Å²) < 4.78 is 1.51. The number of nitrogens with zero attached hydrogens (tertiary/aromatic N) is 4. The van der Waals surface area contributed by atoms with E-state index < -0.39 is 0 Å². The van der Waals surface area contributed by atoms with Crippen LogP contribution in [-0.4, -0.2) is 58.5 Å². The van der Waals surface area contributed by atoms with E-state index in [1.54, 1.807) is 30.3 Å². The molecule has 1 amide bonds. The highest BCUT2D eigenvalue weighted by molar-refractivity contribution is 5.94. The zero-order chi connectivity index (χ0) is 18.1. The van der Waals surface area contributed by atoms with E-state index in [1.165, 1.54) is 10.9 Å². The minimum Gasteiger partial charge on any atom is -0.336 e. The fourth-order valence-corrected chi connectivity index (χ4v) is 3.21. The van der Waals surface area contributed by atoms with E-state index in [-0.39, 0.29) is 11.5 Å². The van der Waals surface area contributed by atoms with Gasteiger partial charge < -0.3 is 9.80 Å². The smallest absolute Gasteiger partial charge is 0.265 e. The van der Waals surface area contributed by atoms with Crippen LogP contribution in [0.3, 0.4) is 0 Å². The highest BCUT2D eigenvalue weighted by atomic mass is 16.2. The predicted octanol–water partition coefficient (Wildman–Crippen LogP) is 1.77. The van der Waals surface area contributed by atoms with Crippen molar-refractivity contribution in [1.29, 1.82) is 0 Å². The molecule has 4 rings (SSSR count). The first-order valence-electron chi connectivity index (χ1n) is 8.68. The molecule has 0 spiro atoms. The SMILES string of the molecule is CN1CCN(C(=O)c2ccc(-n3cnc4ccccc4c3=O)cc2)CC1. The van der Waals surface area contributed by atoms with Crippen LogP contribution < -0.4 is 5.56 Å². The second kappa shape index (κ2) is 6.72. The molecule has 2 aromatic carbocycles. The summed E-state index contributed by atoms with van der Waals surface area (Å²) >= 11 is 0. The molecular weight excluding hydrogens is 328 g/mol. The van der Waals surface area contributed by atoms with Gasteiger partial charge in [-0.15, -0.1) is 0 Å². The molecule has 0 bridgehead atoms. The van der Waals surface area contributed by atoms with Crippen molar-refractivity contribution in [3.05, 3.63) is 70.8 Å². The van der Waals surface area contributed by atoms with Gasteiger partial charge in [-0.25, -0.2) is 4.98 Å². The quantitative estimate of drug-likeness (QED) is 0.708. The monoisotopic (exact) mass is 348 g/mol. The molecule has 26 heavy (non-hydrogen) atoms. The molecule has 1 saturated heterocycles. The lowest BCUT2D eigenvalue weighted by molar-refractivity contribution is 0.0664. The van der Waals surface area contributed by atoms with Gasteiger partial charge in [-0.3, -0.25) is 14.2 Å². The second-order valence-corrected chi connectivity index (χ2v) is 6.58. The fraction of sp³-hybridized carbons (Fsp3) is 0.250. The van der Waals surface area contributed by atoms with E-state index in [0.29, 0.717) is 22.2 Å². The predicted molar refractivity (Wildman–Crippen MR) is 101 cm³/mol. The average molecular weight is 348 g/mol. The van der Waals surface area contributed by atoms with Crippen LogP contribution in [0.5, 0.6) is 0 Å². The number of carbonyl (C=O) groups excluding carboxylic acids is 1. The van der Waals surface area contributed by atoms with Crippen molar-refractivity contribution in [3.8, 4) is 5.69 Å². The number of amides is 1. The maximum Gasteiger partial charge on any atom is 0.265 e. The molecule has 0 aliphatic carbocycles. The number of piperazine rings is 1. The van der Waals surface area contributed by atoms with Crippen LogP contribution in [0.15, 0.2) is 59.7 Å². The lowest BCUT2D eigenvalue weighted by Gasteiger charge is -2.32. The number of benzene rings is 2. The first-order valence-corrected chi connectivity index (χ1v) is 8.68. The first-order chi connectivity index (χ1) is 12.6. The van der Waals surface area contributed by atoms with Crippen LogP contribution in [0, 0.1) is 0 Å². The number of likely N-dealkylation sites (N-methyl/N-ethyl adjacent to an activating group) is 1. The van der Waals surface area contributed by atoms with Gasteiger partial charge in [0.05, 0.1) is 16.6 Å². The largest absolute Gasteiger partial charge is 0.336 e. The topological polar surface area (TPSA) is 58.4 Å². The third-order valence-electron chi connectivity index (χ3n) is 4.85. The average Bonchev–Trinajstić information content (AvgIpc) is 2.69. The van der Waals surface area contributed by atoms with E-state index in [9.17, 15) is 9.59 Å². The Morgan fingerprint density at radius 1 is 0.962 bits per heavy atom. The molecule has 132 valence electrons. The lowest BCUT2D eigenvalue weighted by Crippen LogP contribution is -2.47. The second-order valence-electron chi connectivity index (χ2n) is 6.58. The molecule has 0 N–H and O–H groups in total. The van der Waals surface area contributed by atoms with Crippen molar-refractivity contribution in [3.63, 3.8) is 0 Å². The molecule has 0 atom stereocenters. The number of rotatable bonds is 2. The van der Waals surface area contributed by atoms with Gasteiger partial charge in [0.15, 0.2) is 0 Å². The van der Waals surface area contributed by atoms with E-state index in [4.69, 9.17) is 0 Å². The summed E-state index contributed by atoms with van der Waals surface area (Å²) in [6, 6.07) is 14.4. The summed E-state index contributed by atoms with van der Waals surface area (Å²) in [7, 11) is 2.06. The van der Waals surface area contributed by atoms with E-state index in [0.717, 1.165) is 26.2 Å². The number of hydrogen-bond acceptors (Lipinski definition) is 4. The van der Waals surface area contributed by atoms with Gasteiger partial charge in [0, 0.05) is 31.7 Å². The molecule has 6 heteroatoms. The molecule has 1 aliphatic heterocycles. The Morgan fingerprint density at radius 2 is 1.65 bits per heavy atom. The summed E-state index contributed by atoms with van der Waals surface area (Å²) in [5.41, 5.74) is 1.90. The summed E-state index contributed by atoms with van der Waals surface area (Å²) in [5, 5.41) is 0.576. The van der Waals surface area contributed by atoms with Crippen LogP contribution >= 0.6 is 0 Å². The van der Waals surface area contributed by atoms with Gasteiger partial charge in [0.25, 0.3) is 11.5 Å². The number of aromatic nitrogens is 2. The van der Waals surface area contributed by atoms with Crippen LogP contribution in [0.2, 0.25) is 0 Å². The number of para-hydroxylation sites is 1.